The average molecular weight is 383 g/mol. The molecule has 3 aromatic rings. The summed E-state index contributed by atoms with van der Waals surface area (Å²) in [5.41, 5.74) is 1.31. The van der Waals surface area contributed by atoms with Crippen molar-refractivity contribution in [2.24, 2.45) is 0 Å². The van der Waals surface area contributed by atoms with Gasteiger partial charge in [0, 0.05) is 23.0 Å². The Morgan fingerprint density at radius 3 is 2.52 bits per heavy atom. The Balaban J connectivity index is 1.48. The Labute approximate surface area is 162 Å². The number of nitrogens with one attached hydrogen (secondary N) is 1. The van der Waals surface area contributed by atoms with Crippen molar-refractivity contribution in [3.8, 4) is 11.4 Å². The van der Waals surface area contributed by atoms with E-state index in [2.05, 4.69) is 20.4 Å². The van der Waals surface area contributed by atoms with Gasteiger partial charge in [-0.3, -0.25) is 9.78 Å². The molecule has 0 unspecified atom stereocenters. The molecule has 1 aromatic carbocycles. The van der Waals surface area contributed by atoms with E-state index in [0.29, 0.717) is 16.7 Å². The minimum atomic E-state index is -0.515. The van der Waals surface area contributed by atoms with Gasteiger partial charge in [0.05, 0.1) is 12.0 Å². The summed E-state index contributed by atoms with van der Waals surface area (Å²) >= 11 is 6.01. The lowest BCUT2D eigenvalue weighted by Crippen LogP contribution is -2.42. The molecule has 0 atom stereocenters. The molecule has 0 saturated heterocycles. The van der Waals surface area contributed by atoms with E-state index in [1.807, 2.05) is 24.3 Å². The van der Waals surface area contributed by atoms with Gasteiger partial charge in [0.1, 0.15) is 0 Å². The van der Waals surface area contributed by atoms with Crippen molar-refractivity contribution in [3.63, 3.8) is 0 Å². The number of amides is 1. The Morgan fingerprint density at radius 2 is 1.81 bits per heavy atom. The lowest BCUT2D eigenvalue weighted by atomic mass is 9.78. The minimum Gasteiger partial charge on any atom is -0.346 e. The van der Waals surface area contributed by atoms with E-state index >= 15 is 0 Å². The molecule has 7 heteroatoms. The number of benzene rings is 1. The molecule has 1 N–H and O–H groups in total. The first kappa shape index (κ1) is 17.7. The van der Waals surface area contributed by atoms with Crippen LogP contribution in [0.1, 0.15) is 37.1 Å². The summed E-state index contributed by atoms with van der Waals surface area (Å²) in [6, 6.07) is 11.2. The van der Waals surface area contributed by atoms with Gasteiger partial charge in [-0.1, -0.05) is 41.7 Å². The summed E-state index contributed by atoms with van der Waals surface area (Å²) in [5, 5.41) is 7.61. The molecular weight excluding hydrogens is 364 g/mol. The number of nitrogens with zero attached hydrogens (tertiary/aromatic N) is 3. The maximum absolute atomic E-state index is 13.1. The first-order chi connectivity index (χ1) is 13.2. The van der Waals surface area contributed by atoms with Crippen LogP contribution < -0.4 is 5.32 Å². The normalized spacial score (nSPS) is 15.6. The standard InChI is InChI=1S/C20H19ClN4O2/c21-16-5-3-15(4-6-16)20(9-1-2-10-20)19(26)23-13-17-24-18(25-27-17)14-7-11-22-12-8-14/h3-8,11-12H,1-2,9-10,13H2,(H,23,26). The summed E-state index contributed by atoms with van der Waals surface area (Å²) in [4.78, 5) is 21.4. The number of carbonyl (C=O) groups excluding carboxylic acids is 1. The highest BCUT2D eigenvalue weighted by Crippen LogP contribution is 2.41. The number of hydrogen-bond acceptors (Lipinski definition) is 5. The molecular formula is C20H19ClN4O2. The summed E-state index contributed by atoms with van der Waals surface area (Å²) < 4.78 is 5.27. The van der Waals surface area contributed by atoms with Crippen LogP contribution in [0, 0.1) is 0 Å². The van der Waals surface area contributed by atoms with Gasteiger partial charge < -0.3 is 9.84 Å². The lowest BCUT2D eigenvalue weighted by Gasteiger charge is -2.28. The molecule has 1 aliphatic carbocycles. The molecule has 0 radical (unpaired) electrons. The number of carbonyl (C=O) groups is 1. The van der Waals surface area contributed by atoms with Crippen molar-refractivity contribution in [3.05, 3.63) is 65.3 Å². The quantitative estimate of drug-likeness (QED) is 0.723. The lowest BCUT2D eigenvalue weighted by molar-refractivity contribution is -0.127. The predicted molar refractivity (Wildman–Crippen MR) is 101 cm³/mol. The maximum atomic E-state index is 13.1. The minimum absolute atomic E-state index is 0.00835. The summed E-state index contributed by atoms with van der Waals surface area (Å²) in [6.07, 6.45) is 7.05. The highest BCUT2D eigenvalue weighted by molar-refractivity contribution is 6.30. The third-order valence-electron chi connectivity index (χ3n) is 5.10. The van der Waals surface area contributed by atoms with Gasteiger partial charge in [-0.05, 0) is 42.7 Å². The van der Waals surface area contributed by atoms with Gasteiger partial charge >= 0.3 is 0 Å². The second-order valence-corrected chi connectivity index (χ2v) is 7.16. The zero-order valence-corrected chi connectivity index (χ0v) is 15.4. The van der Waals surface area contributed by atoms with Crippen molar-refractivity contribution < 1.29 is 9.32 Å². The summed E-state index contributed by atoms with van der Waals surface area (Å²) in [6.45, 7) is 0.201. The van der Waals surface area contributed by atoms with Gasteiger partial charge in [-0.15, -0.1) is 0 Å². The fourth-order valence-electron chi connectivity index (χ4n) is 3.66. The molecule has 6 nitrogen and oxygen atoms in total. The van der Waals surface area contributed by atoms with E-state index in [1.54, 1.807) is 24.5 Å². The van der Waals surface area contributed by atoms with Gasteiger partial charge in [0.15, 0.2) is 0 Å². The van der Waals surface area contributed by atoms with E-state index in [9.17, 15) is 4.79 Å². The molecule has 1 amide bonds. The number of rotatable bonds is 5. The first-order valence-corrected chi connectivity index (χ1v) is 9.32. The highest BCUT2D eigenvalue weighted by Gasteiger charge is 2.42. The fraction of sp³-hybridized carbons (Fsp3) is 0.300. The molecule has 1 saturated carbocycles. The Morgan fingerprint density at radius 1 is 1.11 bits per heavy atom. The zero-order valence-electron chi connectivity index (χ0n) is 14.7. The van der Waals surface area contributed by atoms with Crippen LogP contribution >= 0.6 is 11.6 Å². The van der Waals surface area contributed by atoms with Crippen LogP contribution in [0.25, 0.3) is 11.4 Å². The first-order valence-electron chi connectivity index (χ1n) is 8.95. The van der Waals surface area contributed by atoms with Gasteiger partial charge in [-0.2, -0.15) is 4.98 Å². The van der Waals surface area contributed by atoms with Crippen LogP contribution in [0.3, 0.4) is 0 Å². The van der Waals surface area contributed by atoms with Gasteiger partial charge in [0.25, 0.3) is 0 Å². The average Bonchev–Trinajstić information content (AvgIpc) is 3.38. The SMILES string of the molecule is O=C(NCc1nc(-c2ccncc2)no1)C1(c2ccc(Cl)cc2)CCCC1. The van der Waals surface area contributed by atoms with E-state index in [4.69, 9.17) is 16.1 Å². The number of hydrogen-bond donors (Lipinski definition) is 1. The third-order valence-corrected chi connectivity index (χ3v) is 5.35. The maximum Gasteiger partial charge on any atom is 0.246 e. The van der Waals surface area contributed by atoms with Crippen LogP contribution in [0.5, 0.6) is 0 Å². The number of aromatic nitrogens is 3. The van der Waals surface area contributed by atoms with Crippen molar-refractivity contribution in [2.45, 2.75) is 37.6 Å². The second-order valence-electron chi connectivity index (χ2n) is 6.73. The molecule has 2 heterocycles. The molecule has 4 rings (SSSR count). The number of pyridine rings is 1. The Hall–Kier alpha value is -2.73. The molecule has 0 aliphatic heterocycles. The van der Waals surface area contributed by atoms with Crippen molar-refractivity contribution in [2.75, 3.05) is 0 Å². The molecule has 0 bridgehead atoms. The van der Waals surface area contributed by atoms with Crippen molar-refractivity contribution in [1.82, 2.24) is 20.4 Å². The van der Waals surface area contributed by atoms with Gasteiger partial charge in [-0.25, -0.2) is 0 Å². The monoisotopic (exact) mass is 382 g/mol. The van der Waals surface area contributed by atoms with Crippen molar-refractivity contribution >= 4 is 17.5 Å². The van der Waals surface area contributed by atoms with E-state index in [-0.39, 0.29) is 12.5 Å². The molecule has 27 heavy (non-hydrogen) atoms. The molecule has 1 aliphatic rings. The second kappa shape index (κ2) is 7.48. The fourth-order valence-corrected chi connectivity index (χ4v) is 3.79. The van der Waals surface area contributed by atoms with Crippen LogP contribution in [-0.4, -0.2) is 21.0 Å². The van der Waals surface area contributed by atoms with Crippen LogP contribution in [0.15, 0.2) is 53.3 Å². The molecule has 138 valence electrons. The predicted octanol–water partition coefficient (Wildman–Crippen LogP) is 3.91. The summed E-state index contributed by atoms with van der Waals surface area (Å²) in [5.74, 6) is 0.848. The van der Waals surface area contributed by atoms with Gasteiger partial charge in [0.2, 0.25) is 17.6 Å². The van der Waals surface area contributed by atoms with Crippen LogP contribution in [-0.2, 0) is 16.8 Å². The highest BCUT2D eigenvalue weighted by atomic mass is 35.5. The summed E-state index contributed by atoms with van der Waals surface area (Å²) in [7, 11) is 0. The van der Waals surface area contributed by atoms with Crippen molar-refractivity contribution in [1.29, 1.82) is 0 Å². The Kier molecular flexibility index (Phi) is 4.90. The zero-order chi connectivity index (χ0) is 18.7. The Bertz CT molecular complexity index is 919. The van der Waals surface area contributed by atoms with E-state index in [1.165, 1.54) is 0 Å². The van der Waals surface area contributed by atoms with Crippen LogP contribution in [0.4, 0.5) is 0 Å². The largest absolute Gasteiger partial charge is 0.346 e. The van der Waals surface area contributed by atoms with E-state index in [0.717, 1.165) is 36.8 Å². The van der Waals surface area contributed by atoms with E-state index < -0.39 is 5.41 Å². The number of halogens is 1. The molecule has 0 spiro atoms. The smallest absolute Gasteiger partial charge is 0.246 e. The molecule has 2 aromatic heterocycles. The van der Waals surface area contributed by atoms with Crippen LogP contribution in [0.2, 0.25) is 5.02 Å². The topological polar surface area (TPSA) is 80.9 Å². The molecule has 1 fully saturated rings. The third kappa shape index (κ3) is 3.57.